The Kier molecular flexibility index (Phi) is 5.17. The third-order valence-electron chi connectivity index (χ3n) is 2.83. The molecule has 5 nitrogen and oxygen atoms in total. The summed E-state index contributed by atoms with van der Waals surface area (Å²) in [4.78, 5) is 11.5. The number of nitrogens with zero attached hydrogens (tertiary/aromatic N) is 1. The molecule has 21 heavy (non-hydrogen) atoms. The van der Waals surface area contributed by atoms with Gasteiger partial charge in [-0.3, -0.25) is 0 Å². The summed E-state index contributed by atoms with van der Waals surface area (Å²) in [6.45, 7) is 2.50. The Morgan fingerprint density at radius 3 is 2.38 bits per heavy atom. The van der Waals surface area contributed by atoms with Crippen LogP contribution in [0.4, 0.5) is 10.5 Å². The molecule has 0 atom stereocenters. The molecule has 0 unspecified atom stereocenters. The first kappa shape index (κ1) is 14.9. The lowest BCUT2D eigenvalue weighted by atomic mass is 10.2. The van der Waals surface area contributed by atoms with Gasteiger partial charge in [-0.1, -0.05) is 30.3 Å². The molecule has 0 aliphatic heterocycles. The average Bonchev–Trinajstić information content (AvgIpc) is 2.54. The van der Waals surface area contributed by atoms with E-state index in [4.69, 9.17) is 15.3 Å². The van der Waals surface area contributed by atoms with Crippen LogP contribution < -0.4 is 15.6 Å². The molecule has 0 bridgehead atoms. The standard InChI is InChI=1S/C16H18N2O3/c1-2-20-16(19)18(17)14-8-10-15(11-9-14)21-12-13-6-4-3-5-7-13/h3-11H,2,12,17H2,1H3. The highest BCUT2D eigenvalue weighted by atomic mass is 16.6. The first-order chi connectivity index (χ1) is 10.2. The molecule has 0 heterocycles. The number of amides is 1. The molecule has 0 spiro atoms. The first-order valence-electron chi connectivity index (χ1n) is 6.69. The second-order valence-corrected chi connectivity index (χ2v) is 4.34. The fourth-order valence-corrected chi connectivity index (χ4v) is 1.74. The number of hydrazine groups is 1. The predicted octanol–water partition coefficient (Wildman–Crippen LogP) is 3.10. The Hall–Kier alpha value is -2.53. The smallest absolute Gasteiger partial charge is 0.428 e. The molecular weight excluding hydrogens is 268 g/mol. The third kappa shape index (κ3) is 4.22. The topological polar surface area (TPSA) is 64.8 Å². The normalized spacial score (nSPS) is 10.0. The largest absolute Gasteiger partial charge is 0.489 e. The zero-order valence-corrected chi connectivity index (χ0v) is 11.9. The first-order valence-corrected chi connectivity index (χ1v) is 6.69. The Morgan fingerprint density at radius 2 is 1.76 bits per heavy atom. The van der Waals surface area contributed by atoms with Gasteiger partial charge in [0.05, 0.1) is 12.3 Å². The summed E-state index contributed by atoms with van der Waals surface area (Å²) >= 11 is 0. The molecule has 2 aromatic carbocycles. The van der Waals surface area contributed by atoms with Crippen LogP contribution >= 0.6 is 0 Å². The van der Waals surface area contributed by atoms with E-state index in [9.17, 15) is 4.79 Å². The van der Waals surface area contributed by atoms with E-state index < -0.39 is 6.09 Å². The molecule has 2 N–H and O–H groups in total. The minimum Gasteiger partial charge on any atom is -0.489 e. The minimum absolute atomic E-state index is 0.283. The van der Waals surface area contributed by atoms with Crippen LogP contribution in [-0.4, -0.2) is 12.7 Å². The zero-order valence-electron chi connectivity index (χ0n) is 11.9. The molecule has 0 fully saturated rings. The summed E-state index contributed by atoms with van der Waals surface area (Å²) in [5.74, 6) is 6.37. The van der Waals surface area contributed by atoms with Crippen molar-refractivity contribution in [3.63, 3.8) is 0 Å². The van der Waals surface area contributed by atoms with Crippen LogP contribution in [-0.2, 0) is 11.3 Å². The summed E-state index contributed by atoms with van der Waals surface area (Å²) in [5, 5.41) is 0.963. The lowest BCUT2D eigenvalue weighted by molar-refractivity contribution is 0.160. The van der Waals surface area contributed by atoms with Crippen LogP contribution in [0, 0.1) is 0 Å². The van der Waals surface area contributed by atoms with Gasteiger partial charge in [0.2, 0.25) is 0 Å². The molecule has 0 saturated heterocycles. The van der Waals surface area contributed by atoms with E-state index in [1.165, 1.54) is 0 Å². The van der Waals surface area contributed by atoms with Crippen molar-refractivity contribution in [2.45, 2.75) is 13.5 Å². The lowest BCUT2D eigenvalue weighted by Crippen LogP contribution is -2.37. The number of rotatable bonds is 5. The number of ether oxygens (including phenoxy) is 2. The van der Waals surface area contributed by atoms with Gasteiger partial charge in [0.1, 0.15) is 12.4 Å². The number of hydrogen-bond acceptors (Lipinski definition) is 4. The van der Waals surface area contributed by atoms with E-state index in [0.717, 1.165) is 10.6 Å². The van der Waals surface area contributed by atoms with Gasteiger partial charge in [0.15, 0.2) is 0 Å². The van der Waals surface area contributed by atoms with Crippen molar-refractivity contribution in [3.8, 4) is 5.75 Å². The molecule has 0 aliphatic rings. The quantitative estimate of drug-likeness (QED) is 0.521. The number of carbonyl (C=O) groups is 1. The van der Waals surface area contributed by atoms with E-state index in [-0.39, 0.29) is 6.61 Å². The van der Waals surface area contributed by atoms with Crippen LogP contribution in [0.25, 0.3) is 0 Å². The third-order valence-corrected chi connectivity index (χ3v) is 2.83. The van der Waals surface area contributed by atoms with Gasteiger partial charge < -0.3 is 9.47 Å². The molecule has 2 rings (SSSR count). The van der Waals surface area contributed by atoms with E-state index in [1.54, 1.807) is 31.2 Å². The van der Waals surface area contributed by atoms with Crippen molar-refractivity contribution in [1.82, 2.24) is 0 Å². The molecule has 0 aliphatic carbocycles. The highest BCUT2D eigenvalue weighted by Gasteiger charge is 2.12. The average molecular weight is 286 g/mol. The molecule has 2 aromatic rings. The summed E-state index contributed by atoms with van der Waals surface area (Å²) < 4.78 is 10.5. The number of benzene rings is 2. The fourth-order valence-electron chi connectivity index (χ4n) is 1.74. The van der Waals surface area contributed by atoms with Crippen molar-refractivity contribution in [3.05, 3.63) is 60.2 Å². The molecule has 0 saturated carbocycles. The number of hydrogen-bond donors (Lipinski definition) is 1. The van der Waals surface area contributed by atoms with Gasteiger partial charge in [-0.25, -0.2) is 15.6 Å². The second kappa shape index (κ2) is 7.31. The van der Waals surface area contributed by atoms with Crippen molar-refractivity contribution in [1.29, 1.82) is 0 Å². The molecule has 110 valence electrons. The van der Waals surface area contributed by atoms with E-state index in [1.807, 2.05) is 30.3 Å². The molecular formula is C16H18N2O3. The van der Waals surface area contributed by atoms with E-state index in [0.29, 0.717) is 18.0 Å². The van der Waals surface area contributed by atoms with Gasteiger partial charge in [-0.2, -0.15) is 0 Å². The Bertz CT molecular complexity index is 570. The van der Waals surface area contributed by atoms with Gasteiger partial charge in [-0.15, -0.1) is 0 Å². The van der Waals surface area contributed by atoms with Gasteiger partial charge in [0.25, 0.3) is 0 Å². The summed E-state index contributed by atoms with van der Waals surface area (Å²) in [7, 11) is 0. The van der Waals surface area contributed by atoms with Crippen molar-refractivity contribution in [2.75, 3.05) is 11.6 Å². The molecule has 0 aromatic heterocycles. The fraction of sp³-hybridized carbons (Fsp3) is 0.188. The maximum atomic E-state index is 11.5. The maximum Gasteiger partial charge on any atom is 0.428 e. The predicted molar refractivity (Wildman–Crippen MR) is 80.9 cm³/mol. The van der Waals surface area contributed by atoms with Crippen LogP contribution in [0.2, 0.25) is 0 Å². The van der Waals surface area contributed by atoms with Crippen LogP contribution in [0.3, 0.4) is 0 Å². The molecule has 0 radical (unpaired) electrons. The number of nitrogens with two attached hydrogens (primary N) is 1. The van der Waals surface area contributed by atoms with Crippen molar-refractivity contribution in [2.24, 2.45) is 5.84 Å². The number of carbonyl (C=O) groups excluding carboxylic acids is 1. The van der Waals surface area contributed by atoms with E-state index in [2.05, 4.69) is 0 Å². The molecule has 1 amide bonds. The SMILES string of the molecule is CCOC(=O)N(N)c1ccc(OCc2ccccc2)cc1. The zero-order chi connectivity index (χ0) is 15.1. The Balaban J connectivity index is 1.94. The van der Waals surface area contributed by atoms with Gasteiger partial charge >= 0.3 is 6.09 Å². The summed E-state index contributed by atoms with van der Waals surface area (Å²) in [6.07, 6.45) is -0.588. The minimum atomic E-state index is -0.588. The molecule has 5 heteroatoms. The van der Waals surface area contributed by atoms with E-state index >= 15 is 0 Å². The van der Waals surface area contributed by atoms with Gasteiger partial charge in [-0.05, 0) is 36.8 Å². The van der Waals surface area contributed by atoms with Crippen molar-refractivity contribution < 1.29 is 14.3 Å². The Morgan fingerprint density at radius 1 is 1.10 bits per heavy atom. The summed E-state index contributed by atoms with van der Waals surface area (Å²) in [6, 6.07) is 16.8. The highest BCUT2D eigenvalue weighted by molar-refractivity contribution is 5.86. The second-order valence-electron chi connectivity index (χ2n) is 4.34. The van der Waals surface area contributed by atoms with Gasteiger partial charge in [0, 0.05) is 0 Å². The summed E-state index contributed by atoms with van der Waals surface area (Å²) in [5.41, 5.74) is 1.63. The lowest BCUT2D eigenvalue weighted by Gasteiger charge is -2.16. The van der Waals surface area contributed by atoms with Crippen LogP contribution in [0.15, 0.2) is 54.6 Å². The van der Waals surface area contributed by atoms with Crippen LogP contribution in [0.1, 0.15) is 12.5 Å². The monoisotopic (exact) mass is 286 g/mol. The van der Waals surface area contributed by atoms with Crippen molar-refractivity contribution >= 4 is 11.8 Å². The number of anilines is 1. The Labute approximate surface area is 123 Å². The highest BCUT2D eigenvalue weighted by Crippen LogP contribution is 2.19. The van der Waals surface area contributed by atoms with Crippen LogP contribution in [0.5, 0.6) is 5.75 Å². The maximum absolute atomic E-state index is 11.5.